The predicted octanol–water partition coefficient (Wildman–Crippen LogP) is 8.04. The Labute approximate surface area is 303 Å². The lowest BCUT2D eigenvalue weighted by Gasteiger charge is -2.31. The number of amides is 1. The van der Waals surface area contributed by atoms with Gasteiger partial charge in [-0.1, -0.05) is 58.0 Å². The normalized spacial score (nSPS) is 17.2. The van der Waals surface area contributed by atoms with Crippen LogP contribution in [0.5, 0.6) is 5.75 Å². The van der Waals surface area contributed by atoms with Crippen LogP contribution in [0.2, 0.25) is 0 Å². The molecule has 0 radical (unpaired) electrons. The third kappa shape index (κ3) is 6.66. The van der Waals surface area contributed by atoms with Crippen molar-refractivity contribution in [1.29, 1.82) is 0 Å². The molecule has 7 rings (SSSR count). The van der Waals surface area contributed by atoms with Crippen LogP contribution in [0.15, 0.2) is 53.8 Å². The van der Waals surface area contributed by atoms with Crippen molar-refractivity contribution in [2.24, 2.45) is 5.41 Å². The minimum atomic E-state index is -3.94. The Kier molecular flexibility index (Phi) is 9.13. The van der Waals surface area contributed by atoms with Crippen molar-refractivity contribution in [1.82, 2.24) is 25.1 Å². The predicted molar refractivity (Wildman–Crippen MR) is 199 cm³/mol. The number of sulfone groups is 1. The highest BCUT2D eigenvalue weighted by Crippen LogP contribution is 2.54. The van der Waals surface area contributed by atoms with Gasteiger partial charge in [0, 0.05) is 48.1 Å². The number of likely N-dealkylation sites (N-methyl/N-ethyl adjacent to an activating group) is 1. The van der Waals surface area contributed by atoms with Gasteiger partial charge in [0.05, 0.1) is 17.5 Å². The van der Waals surface area contributed by atoms with Gasteiger partial charge < -0.3 is 19.6 Å². The maximum absolute atomic E-state index is 15.9. The van der Waals surface area contributed by atoms with Gasteiger partial charge in [0.15, 0.2) is 5.75 Å². The Morgan fingerprint density at radius 3 is 2.48 bits per heavy atom. The summed E-state index contributed by atoms with van der Waals surface area (Å²) in [6, 6.07) is 13.1. The quantitative estimate of drug-likeness (QED) is 0.137. The summed E-state index contributed by atoms with van der Waals surface area (Å²) >= 11 is 0. The zero-order valence-corrected chi connectivity index (χ0v) is 31.2. The van der Waals surface area contributed by atoms with E-state index in [9.17, 15) is 18.3 Å². The minimum absolute atomic E-state index is 0.135. The number of anilines is 1. The van der Waals surface area contributed by atoms with Gasteiger partial charge in [-0.3, -0.25) is 5.10 Å². The van der Waals surface area contributed by atoms with Gasteiger partial charge >= 0.3 is 6.09 Å². The number of likely N-dealkylation sites (tertiary alicyclic amines) is 1. The monoisotopic (exact) mass is 728 g/mol. The average Bonchev–Trinajstić information content (AvgIpc) is 3.63. The molecule has 5 aromatic rings. The van der Waals surface area contributed by atoms with Gasteiger partial charge in [0.25, 0.3) is 0 Å². The van der Waals surface area contributed by atoms with Crippen molar-refractivity contribution in [3.63, 3.8) is 0 Å². The molecule has 11 nitrogen and oxygen atoms in total. The van der Waals surface area contributed by atoms with Crippen molar-refractivity contribution in [3.8, 4) is 16.9 Å². The van der Waals surface area contributed by atoms with E-state index in [4.69, 9.17) is 14.7 Å². The van der Waals surface area contributed by atoms with Crippen LogP contribution < -0.4 is 9.64 Å². The van der Waals surface area contributed by atoms with Crippen molar-refractivity contribution < 1.29 is 27.4 Å². The smallest absolute Gasteiger partial charge is 0.407 e. The lowest BCUT2D eigenvalue weighted by Crippen LogP contribution is -2.37. The van der Waals surface area contributed by atoms with Crippen LogP contribution in [-0.4, -0.2) is 76.6 Å². The zero-order valence-electron chi connectivity index (χ0n) is 30.4. The fourth-order valence-electron chi connectivity index (χ4n) is 7.33. The topological polar surface area (TPSA) is 142 Å². The van der Waals surface area contributed by atoms with E-state index < -0.39 is 27.9 Å². The number of halogens is 1. The number of nitrogens with one attached hydrogen (secondary N) is 1. The van der Waals surface area contributed by atoms with Crippen LogP contribution in [0.3, 0.4) is 0 Å². The Morgan fingerprint density at radius 2 is 1.85 bits per heavy atom. The average molecular weight is 729 g/mol. The second-order valence-electron chi connectivity index (χ2n) is 15.3. The van der Waals surface area contributed by atoms with Gasteiger partial charge in [-0.2, -0.15) is 5.10 Å². The SMILES string of the molecule is CCS(=O)(=O)c1nc(N(C)[C@H]2CCN(C(=O)O)C2)c2cc(C3CC3)c(-c3c(C)c(F)cc4[nH]ncc34)c(O[C@@H](CC(C)(C)C)c3ccccc3)c2n1. The number of H-pyrrole nitrogens is 1. The first kappa shape index (κ1) is 35.6. The molecule has 1 aliphatic heterocycles. The van der Waals surface area contributed by atoms with Gasteiger partial charge in [-0.05, 0) is 72.8 Å². The summed E-state index contributed by atoms with van der Waals surface area (Å²) in [6.07, 6.45) is 3.18. The van der Waals surface area contributed by atoms with Crippen molar-refractivity contribution in [2.75, 3.05) is 30.8 Å². The standard InChI is InChI=1S/C39H45FN6O5S/c1-7-52(49,50)37-42-34-27(36(43-37)45(6)25-15-16-46(21-25)38(47)48)17-26(23-13-14-23)33(32-22(2)29(40)18-30-28(32)20-41-44-30)35(34)51-31(19-39(3,4)5)24-11-9-8-10-12-24/h8-12,17-18,20,23,25,31H,7,13-16,19,21H2,1-6H3,(H,41,44)(H,47,48)/t25-,31-/m0/s1. The van der Waals surface area contributed by atoms with Crippen LogP contribution in [0.4, 0.5) is 15.0 Å². The molecule has 0 unspecified atom stereocenters. The third-order valence-corrected chi connectivity index (χ3v) is 11.8. The van der Waals surface area contributed by atoms with E-state index >= 15 is 4.39 Å². The summed E-state index contributed by atoms with van der Waals surface area (Å²) in [4.78, 5) is 24.7. The number of aromatic amines is 1. The summed E-state index contributed by atoms with van der Waals surface area (Å²) in [6.45, 7) is 10.3. The Hall–Kier alpha value is -4.78. The number of rotatable bonds is 10. The van der Waals surface area contributed by atoms with Gasteiger partial charge in [-0.25, -0.2) is 27.6 Å². The van der Waals surface area contributed by atoms with Crippen molar-refractivity contribution in [2.45, 2.75) is 83.5 Å². The van der Waals surface area contributed by atoms with Gasteiger partial charge in [0.2, 0.25) is 15.0 Å². The maximum atomic E-state index is 15.9. The summed E-state index contributed by atoms with van der Waals surface area (Å²) < 4.78 is 50.5. The molecular formula is C39H45FN6O5S. The molecule has 2 N–H and O–H groups in total. The van der Waals surface area contributed by atoms with Gasteiger partial charge in [0.1, 0.15) is 23.3 Å². The van der Waals surface area contributed by atoms with E-state index in [1.165, 1.54) is 11.0 Å². The largest absolute Gasteiger partial charge is 0.483 e. The fourth-order valence-corrected chi connectivity index (χ4v) is 8.04. The molecule has 3 aromatic carbocycles. The molecular weight excluding hydrogens is 684 g/mol. The van der Waals surface area contributed by atoms with Crippen LogP contribution in [0.1, 0.15) is 82.1 Å². The number of carboxylic acid groups (broad SMARTS) is 1. The molecule has 2 atom stereocenters. The van der Waals surface area contributed by atoms with E-state index in [0.717, 1.165) is 24.0 Å². The summed E-state index contributed by atoms with van der Waals surface area (Å²) in [5, 5.41) is 17.9. The van der Waals surface area contributed by atoms with E-state index in [0.29, 0.717) is 69.4 Å². The number of hydrogen-bond donors (Lipinski definition) is 2. The molecule has 52 heavy (non-hydrogen) atoms. The first-order valence-electron chi connectivity index (χ1n) is 17.8. The highest BCUT2D eigenvalue weighted by molar-refractivity contribution is 7.91. The Bertz CT molecular complexity index is 2280. The molecule has 2 aliphatic rings. The maximum Gasteiger partial charge on any atom is 0.407 e. The molecule has 0 spiro atoms. The summed E-state index contributed by atoms with van der Waals surface area (Å²) in [7, 11) is -2.11. The second kappa shape index (κ2) is 13.3. The first-order valence-corrected chi connectivity index (χ1v) is 19.5. The number of fused-ring (bicyclic) bond motifs is 2. The molecule has 13 heteroatoms. The summed E-state index contributed by atoms with van der Waals surface area (Å²) in [5.74, 6) is 0.239. The Balaban J connectivity index is 1.60. The molecule has 0 bridgehead atoms. The number of carbonyl (C=O) groups is 1. The van der Waals surface area contributed by atoms with Crippen molar-refractivity contribution in [3.05, 3.63) is 71.2 Å². The van der Waals surface area contributed by atoms with E-state index in [1.807, 2.05) is 48.3 Å². The number of hydrogen-bond acceptors (Lipinski definition) is 8. The van der Waals surface area contributed by atoms with Crippen molar-refractivity contribution >= 4 is 43.6 Å². The van der Waals surface area contributed by atoms with Gasteiger partial charge in [-0.15, -0.1) is 0 Å². The van der Waals surface area contributed by atoms with E-state index in [2.05, 4.69) is 31.0 Å². The number of ether oxygens (including phenoxy) is 1. The lowest BCUT2D eigenvalue weighted by molar-refractivity contribution is 0.147. The zero-order chi connectivity index (χ0) is 37.1. The first-order chi connectivity index (χ1) is 24.7. The number of benzene rings is 3. The molecule has 2 fully saturated rings. The number of nitrogens with zero attached hydrogens (tertiary/aromatic N) is 5. The molecule has 1 amide bonds. The van der Waals surface area contributed by atoms with E-state index in [-0.39, 0.29) is 34.8 Å². The second-order valence-corrected chi connectivity index (χ2v) is 17.5. The molecule has 274 valence electrons. The number of aromatic nitrogens is 4. The molecule has 2 aromatic heterocycles. The molecule has 1 saturated carbocycles. The van der Waals surface area contributed by atoms with Crippen LogP contribution in [-0.2, 0) is 9.84 Å². The third-order valence-electron chi connectivity index (χ3n) is 10.3. The minimum Gasteiger partial charge on any atom is -0.483 e. The van der Waals surface area contributed by atoms with Crippen LogP contribution >= 0.6 is 0 Å². The fraction of sp³-hybridized carbons (Fsp3) is 0.436. The summed E-state index contributed by atoms with van der Waals surface area (Å²) in [5.41, 5.74) is 4.22. The Morgan fingerprint density at radius 1 is 1.12 bits per heavy atom. The highest BCUT2D eigenvalue weighted by atomic mass is 32.2. The molecule has 1 saturated heterocycles. The van der Waals surface area contributed by atoms with Crippen LogP contribution in [0, 0.1) is 18.2 Å². The lowest BCUT2D eigenvalue weighted by atomic mass is 9.86. The molecule has 3 heterocycles. The molecule has 1 aliphatic carbocycles. The highest BCUT2D eigenvalue weighted by Gasteiger charge is 2.37. The van der Waals surface area contributed by atoms with Crippen LogP contribution in [0.25, 0.3) is 32.9 Å². The van der Waals surface area contributed by atoms with E-state index in [1.54, 1.807) is 20.0 Å².